The van der Waals surface area contributed by atoms with Crippen molar-refractivity contribution in [3.8, 4) is 11.5 Å². The van der Waals surface area contributed by atoms with Gasteiger partial charge >= 0.3 is 0 Å². The van der Waals surface area contributed by atoms with E-state index in [4.69, 9.17) is 15.2 Å². The van der Waals surface area contributed by atoms with Gasteiger partial charge in [0.05, 0.1) is 14.2 Å². The molecule has 3 unspecified atom stereocenters. The first kappa shape index (κ1) is 16.1. The van der Waals surface area contributed by atoms with Crippen molar-refractivity contribution in [2.75, 3.05) is 27.3 Å². The molecule has 0 bridgehead atoms. The molecule has 0 aliphatic carbocycles. The zero-order chi connectivity index (χ0) is 15.4. The molecule has 4 heteroatoms. The fourth-order valence-corrected chi connectivity index (χ4v) is 3.12. The first-order chi connectivity index (χ1) is 10.0. The molecule has 0 amide bonds. The first-order valence-corrected chi connectivity index (χ1v) is 7.75. The molecule has 1 aromatic carbocycles. The van der Waals surface area contributed by atoms with Crippen molar-refractivity contribution in [3.05, 3.63) is 23.8 Å². The van der Waals surface area contributed by atoms with E-state index in [0.717, 1.165) is 31.0 Å². The monoisotopic (exact) mass is 292 g/mol. The fourth-order valence-electron chi connectivity index (χ4n) is 3.12. The number of nitrogens with zero attached hydrogens (tertiary/aromatic N) is 1. The van der Waals surface area contributed by atoms with Gasteiger partial charge in [0.1, 0.15) is 0 Å². The number of benzene rings is 1. The van der Waals surface area contributed by atoms with Gasteiger partial charge in [-0.2, -0.15) is 0 Å². The summed E-state index contributed by atoms with van der Waals surface area (Å²) in [5.41, 5.74) is 7.31. The summed E-state index contributed by atoms with van der Waals surface area (Å²) in [6.45, 7) is 6.68. The topological polar surface area (TPSA) is 47.7 Å². The third-order valence-corrected chi connectivity index (χ3v) is 4.60. The fraction of sp³-hybridized carbons (Fsp3) is 0.647. The van der Waals surface area contributed by atoms with E-state index in [9.17, 15) is 0 Å². The smallest absolute Gasteiger partial charge is 0.160 e. The lowest BCUT2D eigenvalue weighted by Crippen LogP contribution is -2.35. The van der Waals surface area contributed by atoms with Gasteiger partial charge in [0, 0.05) is 18.6 Å². The van der Waals surface area contributed by atoms with Crippen LogP contribution in [0.5, 0.6) is 11.5 Å². The second-order valence-corrected chi connectivity index (χ2v) is 6.15. The quantitative estimate of drug-likeness (QED) is 0.874. The summed E-state index contributed by atoms with van der Waals surface area (Å²) in [6.07, 6.45) is 2.24. The summed E-state index contributed by atoms with van der Waals surface area (Å²) in [7, 11) is 3.34. The molecule has 0 saturated carbocycles. The molecular formula is C17H28N2O2. The van der Waals surface area contributed by atoms with Gasteiger partial charge in [0.25, 0.3) is 0 Å². The zero-order valence-electron chi connectivity index (χ0n) is 13.6. The number of nitrogens with two attached hydrogens (primary N) is 1. The minimum Gasteiger partial charge on any atom is -0.493 e. The Bertz CT molecular complexity index is 462. The number of ether oxygens (including phenoxy) is 2. The van der Waals surface area contributed by atoms with E-state index in [1.54, 1.807) is 14.2 Å². The van der Waals surface area contributed by atoms with Gasteiger partial charge in [0.2, 0.25) is 0 Å². The normalized spacial score (nSPS) is 22.0. The van der Waals surface area contributed by atoms with E-state index in [2.05, 4.69) is 30.9 Å². The lowest BCUT2D eigenvalue weighted by molar-refractivity contribution is 0.243. The van der Waals surface area contributed by atoms with E-state index >= 15 is 0 Å². The van der Waals surface area contributed by atoms with E-state index in [1.165, 1.54) is 12.0 Å². The number of methoxy groups -OCH3 is 2. The van der Waals surface area contributed by atoms with Crippen LogP contribution in [0, 0.1) is 5.92 Å². The highest BCUT2D eigenvalue weighted by atomic mass is 16.5. The lowest BCUT2D eigenvalue weighted by Gasteiger charge is -2.25. The summed E-state index contributed by atoms with van der Waals surface area (Å²) >= 11 is 0. The van der Waals surface area contributed by atoms with Gasteiger partial charge in [-0.25, -0.2) is 0 Å². The van der Waals surface area contributed by atoms with E-state index in [0.29, 0.717) is 18.0 Å². The Morgan fingerprint density at radius 2 is 1.95 bits per heavy atom. The standard InChI is InChI=1S/C17H28N2O2/c1-12(19-8-7-15(11-19)13(2)18)9-14-5-6-16(20-3)17(10-14)21-4/h5-6,10,12-13,15H,7-9,11,18H2,1-4H3. The molecule has 118 valence electrons. The highest BCUT2D eigenvalue weighted by molar-refractivity contribution is 5.43. The van der Waals surface area contributed by atoms with Crippen LogP contribution in [0.4, 0.5) is 0 Å². The molecule has 1 aliphatic rings. The summed E-state index contributed by atoms with van der Waals surface area (Å²) < 4.78 is 10.7. The van der Waals surface area contributed by atoms with Crippen molar-refractivity contribution in [2.24, 2.45) is 11.7 Å². The second kappa shape index (κ2) is 7.14. The Hall–Kier alpha value is -1.26. The molecule has 0 spiro atoms. The average molecular weight is 292 g/mol. The molecule has 0 aromatic heterocycles. The van der Waals surface area contributed by atoms with Crippen molar-refractivity contribution in [2.45, 2.75) is 38.8 Å². The summed E-state index contributed by atoms with van der Waals surface area (Å²) in [5.74, 6) is 2.22. The number of hydrogen-bond donors (Lipinski definition) is 1. The first-order valence-electron chi connectivity index (χ1n) is 7.75. The van der Waals surface area contributed by atoms with Gasteiger partial charge in [-0.15, -0.1) is 0 Å². The van der Waals surface area contributed by atoms with Crippen LogP contribution in [0.2, 0.25) is 0 Å². The van der Waals surface area contributed by atoms with Crippen LogP contribution in [0.1, 0.15) is 25.8 Å². The van der Waals surface area contributed by atoms with Crippen molar-refractivity contribution in [1.82, 2.24) is 4.90 Å². The Morgan fingerprint density at radius 1 is 1.24 bits per heavy atom. The van der Waals surface area contributed by atoms with Gasteiger partial charge in [-0.3, -0.25) is 4.90 Å². The molecule has 2 rings (SSSR count). The predicted molar refractivity (Wildman–Crippen MR) is 86.0 cm³/mol. The maximum Gasteiger partial charge on any atom is 0.160 e. The highest BCUT2D eigenvalue weighted by Crippen LogP contribution is 2.29. The molecule has 1 aromatic rings. The minimum atomic E-state index is 0.295. The minimum absolute atomic E-state index is 0.295. The summed E-state index contributed by atoms with van der Waals surface area (Å²) in [6, 6.07) is 7.00. The Kier molecular flexibility index (Phi) is 5.48. The predicted octanol–water partition coefficient (Wildman–Crippen LogP) is 2.30. The third-order valence-electron chi connectivity index (χ3n) is 4.60. The molecule has 3 atom stereocenters. The number of hydrogen-bond acceptors (Lipinski definition) is 4. The molecule has 2 N–H and O–H groups in total. The van der Waals surface area contributed by atoms with Gasteiger partial charge in [0.15, 0.2) is 11.5 Å². The molecule has 1 fully saturated rings. The molecule has 1 heterocycles. The van der Waals surface area contributed by atoms with Gasteiger partial charge in [-0.1, -0.05) is 6.07 Å². The molecular weight excluding hydrogens is 264 g/mol. The van der Waals surface area contributed by atoms with E-state index < -0.39 is 0 Å². The average Bonchev–Trinajstić information content (AvgIpc) is 2.97. The maximum atomic E-state index is 6.03. The van der Waals surface area contributed by atoms with Crippen molar-refractivity contribution in [3.63, 3.8) is 0 Å². The SMILES string of the molecule is COc1ccc(CC(C)N2CCC(C(C)N)C2)cc1OC. The van der Waals surface area contributed by atoms with Crippen molar-refractivity contribution < 1.29 is 9.47 Å². The van der Waals surface area contributed by atoms with Crippen molar-refractivity contribution >= 4 is 0 Å². The van der Waals surface area contributed by atoms with Crippen LogP contribution >= 0.6 is 0 Å². The van der Waals surface area contributed by atoms with Crippen LogP contribution in [0.15, 0.2) is 18.2 Å². The van der Waals surface area contributed by atoms with E-state index in [-0.39, 0.29) is 0 Å². The molecule has 21 heavy (non-hydrogen) atoms. The molecule has 1 saturated heterocycles. The largest absolute Gasteiger partial charge is 0.493 e. The van der Waals surface area contributed by atoms with Crippen LogP contribution in [0.25, 0.3) is 0 Å². The number of rotatable bonds is 6. The molecule has 0 radical (unpaired) electrons. The van der Waals surface area contributed by atoms with Crippen LogP contribution in [0.3, 0.4) is 0 Å². The van der Waals surface area contributed by atoms with Gasteiger partial charge < -0.3 is 15.2 Å². The van der Waals surface area contributed by atoms with E-state index in [1.807, 2.05) is 6.07 Å². The Balaban J connectivity index is 1.98. The second-order valence-electron chi connectivity index (χ2n) is 6.15. The third kappa shape index (κ3) is 3.89. The maximum absolute atomic E-state index is 6.03. The zero-order valence-corrected chi connectivity index (χ0v) is 13.6. The number of likely N-dealkylation sites (tertiary alicyclic amines) is 1. The van der Waals surface area contributed by atoms with Crippen molar-refractivity contribution in [1.29, 1.82) is 0 Å². The Labute approximate surface area is 128 Å². The highest BCUT2D eigenvalue weighted by Gasteiger charge is 2.28. The Morgan fingerprint density at radius 3 is 2.52 bits per heavy atom. The van der Waals surface area contributed by atoms with Gasteiger partial charge in [-0.05, 0) is 56.8 Å². The molecule has 4 nitrogen and oxygen atoms in total. The van der Waals surface area contributed by atoms with Crippen LogP contribution in [-0.4, -0.2) is 44.3 Å². The lowest BCUT2D eigenvalue weighted by atomic mass is 10.0. The summed E-state index contributed by atoms with van der Waals surface area (Å²) in [4.78, 5) is 2.55. The summed E-state index contributed by atoms with van der Waals surface area (Å²) in [5, 5.41) is 0. The van der Waals surface area contributed by atoms with Crippen LogP contribution < -0.4 is 15.2 Å². The molecule has 1 aliphatic heterocycles. The van der Waals surface area contributed by atoms with Crippen LogP contribution in [-0.2, 0) is 6.42 Å².